The van der Waals surface area contributed by atoms with Gasteiger partial charge in [-0.3, -0.25) is 4.99 Å². The lowest BCUT2D eigenvalue weighted by Crippen LogP contribution is -2.22. The van der Waals surface area contributed by atoms with Gasteiger partial charge in [0.25, 0.3) is 0 Å². The lowest BCUT2D eigenvalue weighted by molar-refractivity contribution is 0.946. The van der Waals surface area contributed by atoms with Crippen molar-refractivity contribution in [1.82, 2.24) is 4.98 Å². The maximum Gasteiger partial charge on any atom is 0.134 e. The number of nitrogens with zero attached hydrogens (tertiary/aromatic N) is 3. The molecule has 0 spiro atoms. The zero-order valence-corrected chi connectivity index (χ0v) is 8.74. The highest BCUT2D eigenvalue weighted by atomic mass is 15.3. The number of fused-ring (bicyclic) bond motifs is 1. The summed E-state index contributed by atoms with van der Waals surface area (Å²) in [5, 5.41) is 0. The van der Waals surface area contributed by atoms with Crippen LogP contribution in [0.5, 0.6) is 0 Å². The second-order valence-electron chi connectivity index (χ2n) is 3.63. The molecule has 0 saturated carbocycles. The Morgan fingerprint density at radius 1 is 1.00 bits per heavy atom. The summed E-state index contributed by atoms with van der Waals surface area (Å²) in [5.41, 5.74) is 2.30. The van der Waals surface area contributed by atoms with Crippen LogP contribution in [0.4, 0.5) is 11.5 Å². The van der Waals surface area contributed by atoms with Gasteiger partial charge < -0.3 is 4.90 Å². The molecule has 1 aromatic heterocycles. The summed E-state index contributed by atoms with van der Waals surface area (Å²) in [6.45, 7) is 0.633. The molecule has 1 aliphatic heterocycles. The van der Waals surface area contributed by atoms with E-state index in [0.29, 0.717) is 6.67 Å². The molecule has 0 fully saturated rings. The van der Waals surface area contributed by atoms with E-state index in [9.17, 15) is 0 Å². The quantitative estimate of drug-likeness (QED) is 0.722. The van der Waals surface area contributed by atoms with Crippen LogP contribution >= 0.6 is 0 Å². The third-order valence-electron chi connectivity index (χ3n) is 2.61. The van der Waals surface area contributed by atoms with Crippen molar-refractivity contribution in [2.45, 2.75) is 0 Å². The normalized spacial score (nSPS) is 13.6. The third-order valence-corrected chi connectivity index (χ3v) is 2.61. The molecule has 0 bridgehead atoms. The maximum atomic E-state index is 4.35. The number of hydrogen-bond acceptors (Lipinski definition) is 3. The average Bonchev–Trinajstić information content (AvgIpc) is 2.39. The van der Waals surface area contributed by atoms with Crippen molar-refractivity contribution in [3.05, 3.63) is 54.2 Å². The van der Waals surface area contributed by atoms with Gasteiger partial charge in [0.05, 0.1) is 5.69 Å². The van der Waals surface area contributed by atoms with Gasteiger partial charge in [-0.25, -0.2) is 4.98 Å². The predicted octanol–water partition coefficient (Wildman–Crippen LogP) is 2.61. The largest absolute Gasteiger partial charge is 0.306 e. The Morgan fingerprint density at radius 2 is 1.88 bits per heavy atom. The molecule has 3 rings (SSSR count). The topological polar surface area (TPSA) is 28.5 Å². The molecule has 3 heteroatoms. The summed E-state index contributed by atoms with van der Waals surface area (Å²) in [6, 6.07) is 14.1. The molecule has 0 amide bonds. The first kappa shape index (κ1) is 9.09. The molecule has 0 unspecified atom stereocenters. The Morgan fingerprint density at radius 3 is 2.75 bits per heavy atom. The maximum absolute atomic E-state index is 4.35. The molecule has 16 heavy (non-hydrogen) atoms. The van der Waals surface area contributed by atoms with Crippen molar-refractivity contribution >= 4 is 17.7 Å². The molecule has 78 valence electrons. The number of rotatable bonds is 1. The molecular weight excluding hydrogens is 198 g/mol. The summed E-state index contributed by atoms with van der Waals surface area (Å²) in [5.74, 6) is 0.937. The van der Waals surface area contributed by atoms with E-state index in [0.717, 1.165) is 17.1 Å². The van der Waals surface area contributed by atoms with Crippen LogP contribution in [0, 0.1) is 0 Å². The minimum Gasteiger partial charge on any atom is -0.306 e. The summed E-state index contributed by atoms with van der Waals surface area (Å²) in [4.78, 5) is 10.8. The van der Waals surface area contributed by atoms with Gasteiger partial charge in [0.1, 0.15) is 12.5 Å². The van der Waals surface area contributed by atoms with Crippen LogP contribution in [-0.2, 0) is 0 Å². The number of aromatic nitrogens is 1. The summed E-state index contributed by atoms with van der Waals surface area (Å²) in [7, 11) is 0. The minimum absolute atomic E-state index is 0.633. The molecule has 2 aromatic rings. The van der Waals surface area contributed by atoms with Gasteiger partial charge in [-0.1, -0.05) is 24.3 Å². The Balaban J connectivity index is 2.09. The fourth-order valence-electron chi connectivity index (χ4n) is 1.85. The van der Waals surface area contributed by atoms with Crippen molar-refractivity contribution < 1.29 is 0 Å². The first-order valence-electron chi connectivity index (χ1n) is 5.22. The Labute approximate surface area is 94.1 Å². The van der Waals surface area contributed by atoms with Gasteiger partial charge >= 0.3 is 0 Å². The van der Waals surface area contributed by atoms with Gasteiger partial charge in [-0.15, -0.1) is 0 Å². The first-order chi connectivity index (χ1) is 7.95. The monoisotopic (exact) mass is 209 g/mol. The molecule has 0 atom stereocenters. The Hall–Kier alpha value is -2.16. The molecule has 3 nitrogen and oxygen atoms in total. The van der Waals surface area contributed by atoms with E-state index in [1.54, 1.807) is 6.20 Å². The van der Waals surface area contributed by atoms with Crippen LogP contribution in [-0.4, -0.2) is 17.9 Å². The molecule has 2 heterocycles. The summed E-state index contributed by atoms with van der Waals surface area (Å²) in [6.07, 6.45) is 3.71. The number of hydrogen-bond donors (Lipinski definition) is 0. The Bertz CT molecular complexity index is 520. The van der Waals surface area contributed by atoms with E-state index in [-0.39, 0.29) is 0 Å². The molecule has 0 N–H and O–H groups in total. The van der Waals surface area contributed by atoms with Crippen LogP contribution in [0.1, 0.15) is 5.56 Å². The van der Waals surface area contributed by atoms with Crippen molar-refractivity contribution in [2.75, 3.05) is 11.6 Å². The lowest BCUT2D eigenvalue weighted by Gasteiger charge is -2.26. The van der Waals surface area contributed by atoms with Crippen molar-refractivity contribution in [3.63, 3.8) is 0 Å². The molecule has 0 radical (unpaired) electrons. The zero-order chi connectivity index (χ0) is 10.8. The SMILES string of the molecule is C1=NCN(c2ccccn2)c2ccccc21. The van der Waals surface area contributed by atoms with Crippen molar-refractivity contribution in [2.24, 2.45) is 4.99 Å². The van der Waals surface area contributed by atoms with Crippen molar-refractivity contribution in [3.8, 4) is 0 Å². The van der Waals surface area contributed by atoms with Crippen LogP contribution in [0.25, 0.3) is 0 Å². The fraction of sp³-hybridized carbons (Fsp3) is 0.0769. The lowest BCUT2D eigenvalue weighted by atomic mass is 10.1. The third kappa shape index (κ3) is 1.46. The van der Waals surface area contributed by atoms with E-state index in [1.165, 1.54) is 0 Å². The van der Waals surface area contributed by atoms with Crippen molar-refractivity contribution in [1.29, 1.82) is 0 Å². The minimum atomic E-state index is 0.633. The molecular formula is C13H11N3. The number of para-hydroxylation sites is 1. The number of anilines is 2. The first-order valence-corrected chi connectivity index (χ1v) is 5.22. The smallest absolute Gasteiger partial charge is 0.134 e. The van der Waals surface area contributed by atoms with Crippen LogP contribution in [0.3, 0.4) is 0 Å². The van der Waals surface area contributed by atoms with E-state index >= 15 is 0 Å². The Kier molecular flexibility index (Phi) is 2.14. The van der Waals surface area contributed by atoms with Gasteiger partial charge in [-0.05, 0) is 18.2 Å². The zero-order valence-electron chi connectivity index (χ0n) is 8.74. The van der Waals surface area contributed by atoms with Crippen LogP contribution in [0.2, 0.25) is 0 Å². The summed E-state index contributed by atoms with van der Waals surface area (Å²) >= 11 is 0. The molecule has 1 aromatic carbocycles. The second-order valence-corrected chi connectivity index (χ2v) is 3.63. The van der Waals surface area contributed by atoms with Crippen LogP contribution < -0.4 is 4.90 Å². The van der Waals surface area contributed by atoms with E-state index < -0.39 is 0 Å². The van der Waals surface area contributed by atoms with Gasteiger partial charge in [0, 0.05) is 18.0 Å². The van der Waals surface area contributed by atoms with Gasteiger partial charge in [0.2, 0.25) is 0 Å². The highest BCUT2D eigenvalue weighted by Crippen LogP contribution is 2.28. The molecule has 1 aliphatic rings. The fourth-order valence-corrected chi connectivity index (χ4v) is 1.85. The van der Waals surface area contributed by atoms with E-state index in [1.807, 2.05) is 36.5 Å². The van der Waals surface area contributed by atoms with Gasteiger partial charge in [-0.2, -0.15) is 0 Å². The van der Waals surface area contributed by atoms with Gasteiger partial charge in [0.15, 0.2) is 0 Å². The molecule has 0 aliphatic carbocycles. The number of benzene rings is 1. The highest BCUT2D eigenvalue weighted by Gasteiger charge is 2.15. The number of pyridine rings is 1. The molecule has 0 saturated heterocycles. The predicted molar refractivity (Wildman–Crippen MR) is 65.3 cm³/mol. The highest BCUT2D eigenvalue weighted by molar-refractivity contribution is 5.91. The second kappa shape index (κ2) is 3.77. The van der Waals surface area contributed by atoms with E-state index in [2.05, 4.69) is 27.0 Å². The average molecular weight is 209 g/mol. The standard InChI is InChI=1S/C13H11N3/c1-2-6-12-11(5-1)9-14-10-16(12)13-7-3-4-8-15-13/h1-9H,10H2. The summed E-state index contributed by atoms with van der Waals surface area (Å²) < 4.78 is 0. The van der Waals surface area contributed by atoms with Crippen LogP contribution in [0.15, 0.2) is 53.7 Å². The van der Waals surface area contributed by atoms with E-state index in [4.69, 9.17) is 0 Å². The number of aliphatic imine (C=N–C) groups is 1.